The van der Waals surface area contributed by atoms with Crippen LogP contribution in [-0.4, -0.2) is 40.6 Å². The summed E-state index contributed by atoms with van der Waals surface area (Å²) in [7, 11) is 0. The van der Waals surface area contributed by atoms with Gasteiger partial charge in [0, 0.05) is 5.69 Å². The number of carboxylic acid groups (broad SMARTS) is 2. The Labute approximate surface area is 109 Å². The van der Waals surface area contributed by atoms with Gasteiger partial charge >= 0.3 is 11.9 Å². The van der Waals surface area contributed by atoms with Gasteiger partial charge in [-0.05, 0) is 12.1 Å². The van der Waals surface area contributed by atoms with Crippen LogP contribution in [0.5, 0.6) is 0 Å². The molecule has 1 aromatic rings. The predicted octanol–water partition coefficient (Wildman–Crippen LogP) is -0.0938. The normalized spacial score (nSPS) is 11.6. The van der Waals surface area contributed by atoms with E-state index in [0.717, 1.165) is 4.90 Å². The lowest BCUT2D eigenvalue weighted by Gasteiger charge is -2.23. The smallest absolute Gasteiger partial charge is 0.323 e. The van der Waals surface area contributed by atoms with E-state index >= 15 is 0 Å². The van der Waals surface area contributed by atoms with Gasteiger partial charge in [0.2, 0.25) is 5.91 Å². The van der Waals surface area contributed by atoms with E-state index < -0.39 is 36.9 Å². The van der Waals surface area contributed by atoms with Crippen LogP contribution in [0, 0.1) is 0 Å². The summed E-state index contributed by atoms with van der Waals surface area (Å²) in [6, 6.07) is 6.81. The molecule has 0 radical (unpaired) electrons. The van der Waals surface area contributed by atoms with Gasteiger partial charge in [-0.3, -0.25) is 19.3 Å². The van der Waals surface area contributed by atoms with E-state index in [1.165, 1.54) is 0 Å². The largest absolute Gasteiger partial charge is 0.481 e. The van der Waals surface area contributed by atoms with Gasteiger partial charge in [0.1, 0.15) is 6.54 Å². The van der Waals surface area contributed by atoms with Gasteiger partial charge in [-0.1, -0.05) is 18.2 Å². The maximum Gasteiger partial charge on any atom is 0.323 e. The Kier molecular flexibility index (Phi) is 5.01. The molecule has 1 atom stereocenters. The lowest BCUT2D eigenvalue weighted by molar-refractivity contribution is -0.139. The van der Waals surface area contributed by atoms with Crippen LogP contribution in [0.4, 0.5) is 5.69 Å². The molecule has 0 saturated heterocycles. The van der Waals surface area contributed by atoms with Crippen LogP contribution < -0.4 is 10.6 Å². The van der Waals surface area contributed by atoms with Crippen molar-refractivity contribution in [3.63, 3.8) is 0 Å². The summed E-state index contributed by atoms with van der Waals surface area (Å²) in [6.07, 6.45) is -0.554. The molecule has 0 unspecified atom stereocenters. The van der Waals surface area contributed by atoms with Gasteiger partial charge in [-0.25, -0.2) is 0 Å². The highest BCUT2D eigenvalue weighted by molar-refractivity contribution is 6.01. The number of nitrogens with two attached hydrogens (primary N) is 1. The molecule has 7 heteroatoms. The van der Waals surface area contributed by atoms with Crippen molar-refractivity contribution in [3.05, 3.63) is 30.3 Å². The number of amides is 1. The fourth-order valence-corrected chi connectivity index (χ4v) is 1.52. The Bertz CT molecular complexity index is 474. The lowest BCUT2D eigenvalue weighted by Crippen LogP contribution is -2.47. The molecule has 1 amide bonds. The first-order valence-corrected chi connectivity index (χ1v) is 5.47. The van der Waals surface area contributed by atoms with Crippen molar-refractivity contribution in [2.45, 2.75) is 12.5 Å². The molecule has 4 N–H and O–H groups in total. The molecular weight excluding hydrogens is 252 g/mol. The molecule has 0 spiro atoms. The highest BCUT2D eigenvalue weighted by atomic mass is 16.4. The number of hydrogen-bond acceptors (Lipinski definition) is 4. The molecule has 0 heterocycles. The summed E-state index contributed by atoms with van der Waals surface area (Å²) in [5, 5.41) is 17.4. The molecule has 102 valence electrons. The molecule has 1 aromatic carbocycles. The number of rotatable bonds is 6. The standard InChI is InChI=1S/C12H14N2O5/c13-9(6-10(15)16)12(19)14(7-11(17)18)8-4-2-1-3-5-8/h1-5,9H,6-7,13H2,(H,15,16)(H,17,18)/t9-/m0/s1. The molecule has 0 fully saturated rings. The molecule has 7 nitrogen and oxygen atoms in total. The molecule has 0 aromatic heterocycles. The van der Waals surface area contributed by atoms with Crippen LogP contribution in [0.15, 0.2) is 30.3 Å². The Balaban J connectivity index is 2.94. The van der Waals surface area contributed by atoms with Crippen molar-refractivity contribution in [1.29, 1.82) is 0 Å². The van der Waals surface area contributed by atoms with Crippen molar-refractivity contribution >= 4 is 23.5 Å². The van der Waals surface area contributed by atoms with Gasteiger partial charge in [0.05, 0.1) is 12.5 Å². The predicted molar refractivity (Wildman–Crippen MR) is 66.7 cm³/mol. The van der Waals surface area contributed by atoms with Crippen LogP contribution in [0.2, 0.25) is 0 Å². The highest BCUT2D eigenvalue weighted by Gasteiger charge is 2.25. The summed E-state index contributed by atoms with van der Waals surface area (Å²) < 4.78 is 0. The maximum atomic E-state index is 12.0. The number of aliphatic carboxylic acids is 2. The van der Waals surface area contributed by atoms with Crippen molar-refractivity contribution in [2.75, 3.05) is 11.4 Å². The Morgan fingerprint density at radius 1 is 1.11 bits per heavy atom. The third-order valence-electron chi connectivity index (χ3n) is 2.34. The van der Waals surface area contributed by atoms with Crippen molar-refractivity contribution in [2.24, 2.45) is 5.73 Å². The number of benzene rings is 1. The second kappa shape index (κ2) is 6.50. The summed E-state index contributed by atoms with van der Waals surface area (Å²) in [5.74, 6) is -3.17. The molecule has 0 aliphatic heterocycles. The average molecular weight is 266 g/mol. The number of carboxylic acids is 2. The Hall–Kier alpha value is -2.41. The number of hydrogen-bond donors (Lipinski definition) is 3. The van der Waals surface area contributed by atoms with E-state index in [4.69, 9.17) is 15.9 Å². The molecular formula is C12H14N2O5. The van der Waals surface area contributed by atoms with E-state index in [0.29, 0.717) is 5.69 Å². The van der Waals surface area contributed by atoms with Gasteiger partial charge in [0.15, 0.2) is 0 Å². The summed E-state index contributed by atoms with van der Waals surface area (Å²) in [6.45, 7) is -0.573. The molecule has 0 bridgehead atoms. The van der Waals surface area contributed by atoms with Gasteiger partial charge < -0.3 is 15.9 Å². The first-order valence-electron chi connectivity index (χ1n) is 5.47. The Morgan fingerprint density at radius 2 is 1.68 bits per heavy atom. The zero-order valence-electron chi connectivity index (χ0n) is 10.0. The van der Waals surface area contributed by atoms with E-state index in [1.54, 1.807) is 30.3 Å². The number of nitrogens with zero attached hydrogens (tertiary/aromatic N) is 1. The van der Waals surface area contributed by atoms with E-state index in [2.05, 4.69) is 0 Å². The minimum absolute atomic E-state index is 0.357. The van der Waals surface area contributed by atoms with Crippen LogP contribution in [0.25, 0.3) is 0 Å². The molecule has 19 heavy (non-hydrogen) atoms. The number of anilines is 1. The summed E-state index contributed by atoms with van der Waals surface area (Å²) in [4.78, 5) is 34.3. The zero-order chi connectivity index (χ0) is 14.4. The fourth-order valence-electron chi connectivity index (χ4n) is 1.52. The number of para-hydroxylation sites is 1. The molecule has 0 aliphatic rings. The molecule has 1 rings (SSSR count). The summed E-state index contributed by atoms with van der Waals surface area (Å²) >= 11 is 0. The Morgan fingerprint density at radius 3 is 2.16 bits per heavy atom. The maximum absolute atomic E-state index is 12.0. The van der Waals surface area contributed by atoms with Crippen molar-refractivity contribution in [1.82, 2.24) is 0 Å². The monoisotopic (exact) mass is 266 g/mol. The van der Waals surface area contributed by atoms with Crippen LogP contribution in [-0.2, 0) is 14.4 Å². The molecule has 0 aliphatic carbocycles. The van der Waals surface area contributed by atoms with Gasteiger partial charge in [0.25, 0.3) is 0 Å². The minimum Gasteiger partial charge on any atom is -0.481 e. The van der Waals surface area contributed by atoms with Crippen LogP contribution >= 0.6 is 0 Å². The second-order valence-electron chi connectivity index (χ2n) is 3.86. The van der Waals surface area contributed by atoms with Gasteiger partial charge in [-0.15, -0.1) is 0 Å². The molecule has 0 saturated carbocycles. The summed E-state index contributed by atoms with van der Waals surface area (Å²) in [5.41, 5.74) is 5.82. The lowest BCUT2D eigenvalue weighted by atomic mass is 10.1. The third kappa shape index (κ3) is 4.40. The van der Waals surface area contributed by atoms with Crippen molar-refractivity contribution in [3.8, 4) is 0 Å². The van der Waals surface area contributed by atoms with Crippen molar-refractivity contribution < 1.29 is 24.6 Å². The fraction of sp³-hybridized carbons (Fsp3) is 0.250. The zero-order valence-corrected chi connectivity index (χ0v) is 10.0. The van der Waals surface area contributed by atoms with Crippen LogP contribution in [0.1, 0.15) is 6.42 Å². The second-order valence-corrected chi connectivity index (χ2v) is 3.86. The number of carbonyl (C=O) groups excluding carboxylic acids is 1. The first-order chi connectivity index (χ1) is 8.91. The average Bonchev–Trinajstić information content (AvgIpc) is 2.35. The number of carbonyl (C=O) groups is 3. The van der Waals surface area contributed by atoms with Gasteiger partial charge in [-0.2, -0.15) is 0 Å². The third-order valence-corrected chi connectivity index (χ3v) is 2.34. The van der Waals surface area contributed by atoms with E-state index in [9.17, 15) is 14.4 Å². The topological polar surface area (TPSA) is 121 Å². The van der Waals surface area contributed by atoms with Crippen LogP contribution in [0.3, 0.4) is 0 Å². The first kappa shape index (κ1) is 14.7. The van der Waals surface area contributed by atoms with E-state index in [1.807, 2.05) is 0 Å². The quantitative estimate of drug-likeness (QED) is 0.661. The minimum atomic E-state index is -1.28. The SMILES string of the molecule is N[C@@H](CC(=O)O)C(=O)N(CC(=O)O)c1ccccc1. The highest BCUT2D eigenvalue weighted by Crippen LogP contribution is 2.14. The van der Waals surface area contributed by atoms with E-state index in [-0.39, 0.29) is 0 Å².